The van der Waals surface area contributed by atoms with E-state index < -0.39 is 0 Å². The second-order valence-corrected chi connectivity index (χ2v) is 5.01. The number of rotatable bonds is 2. The number of hydrogen-bond donors (Lipinski definition) is 1. The molecule has 0 radical (unpaired) electrons. The summed E-state index contributed by atoms with van der Waals surface area (Å²) in [6.45, 7) is 4.14. The lowest BCUT2D eigenvalue weighted by molar-refractivity contribution is 0.439. The lowest BCUT2D eigenvalue weighted by Crippen LogP contribution is -1.88. The molecule has 1 aromatic heterocycles. The van der Waals surface area contributed by atoms with Gasteiger partial charge in [0.15, 0.2) is 0 Å². The van der Waals surface area contributed by atoms with Crippen molar-refractivity contribution in [2.45, 2.75) is 13.8 Å². The van der Waals surface area contributed by atoms with E-state index in [4.69, 9.17) is 10.3 Å². The zero-order chi connectivity index (χ0) is 14.1. The van der Waals surface area contributed by atoms with E-state index in [0.717, 1.165) is 22.4 Å². The van der Waals surface area contributed by atoms with Gasteiger partial charge >= 0.3 is 0 Å². The maximum absolute atomic E-state index is 5.96. The molecule has 0 amide bonds. The summed E-state index contributed by atoms with van der Waals surface area (Å²) >= 11 is 0. The Morgan fingerprint density at radius 3 is 2.20 bits per heavy atom. The first-order valence-electron chi connectivity index (χ1n) is 6.54. The Bertz CT molecular complexity index is 725. The van der Waals surface area contributed by atoms with Gasteiger partial charge in [-0.05, 0) is 31.5 Å². The highest BCUT2D eigenvalue weighted by atomic mass is 16.5. The van der Waals surface area contributed by atoms with Crippen molar-refractivity contribution >= 4 is 5.88 Å². The SMILES string of the molecule is Cc1cc(C)cc(-c2noc(N)c2-c2ccccc2)c1. The summed E-state index contributed by atoms with van der Waals surface area (Å²) in [6, 6.07) is 16.3. The van der Waals surface area contributed by atoms with E-state index in [9.17, 15) is 0 Å². The van der Waals surface area contributed by atoms with Crippen molar-refractivity contribution in [1.29, 1.82) is 0 Å². The fourth-order valence-electron chi connectivity index (χ4n) is 2.50. The van der Waals surface area contributed by atoms with Crippen LogP contribution >= 0.6 is 0 Å². The van der Waals surface area contributed by atoms with Gasteiger partial charge in [-0.3, -0.25) is 0 Å². The molecule has 0 unspecified atom stereocenters. The molecular formula is C17H16N2O. The van der Waals surface area contributed by atoms with E-state index in [2.05, 4.69) is 37.2 Å². The number of nitrogens with zero attached hydrogens (tertiary/aromatic N) is 1. The Morgan fingerprint density at radius 1 is 0.900 bits per heavy atom. The Labute approximate surface area is 118 Å². The minimum atomic E-state index is 0.352. The van der Waals surface area contributed by atoms with E-state index in [1.54, 1.807) is 0 Å². The molecule has 0 spiro atoms. The first-order valence-corrected chi connectivity index (χ1v) is 6.54. The molecule has 100 valence electrons. The van der Waals surface area contributed by atoms with E-state index in [-0.39, 0.29) is 0 Å². The van der Waals surface area contributed by atoms with Crippen molar-refractivity contribution in [3.8, 4) is 22.4 Å². The molecular weight excluding hydrogens is 248 g/mol. The molecule has 0 saturated carbocycles. The quantitative estimate of drug-likeness (QED) is 0.754. The summed E-state index contributed by atoms with van der Waals surface area (Å²) in [5, 5.41) is 4.14. The third-order valence-corrected chi connectivity index (χ3v) is 3.28. The summed E-state index contributed by atoms with van der Waals surface area (Å²) < 4.78 is 5.21. The van der Waals surface area contributed by atoms with Gasteiger partial charge in [-0.25, -0.2) is 0 Å². The lowest BCUT2D eigenvalue weighted by Gasteiger charge is -2.05. The van der Waals surface area contributed by atoms with Crippen LogP contribution in [0.2, 0.25) is 0 Å². The molecule has 2 N–H and O–H groups in total. The van der Waals surface area contributed by atoms with Gasteiger partial charge in [0.2, 0.25) is 5.88 Å². The van der Waals surface area contributed by atoms with Crippen LogP contribution in [0.5, 0.6) is 0 Å². The lowest BCUT2D eigenvalue weighted by atomic mass is 9.98. The summed E-state index contributed by atoms with van der Waals surface area (Å²) in [6.07, 6.45) is 0. The second-order valence-electron chi connectivity index (χ2n) is 5.01. The highest BCUT2D eigenvalue weighted by Crippen LogP contribution is 2.36. The normalized spacial score (nSPS) is 10.7. The van der Waals surface area contributed by atoms with Crippen LogP contribution in [0, 0.1) is 13.8 Å². The zero-order valence-electron chi connectivity index (χ0n) is 11.6. The molecule has 3 aromatic rings. The molecule has 3 nitrogen and oxygen atoms in total. The van der Waals surface area contributed by atoms with Crippen molar-refractivity contribution in [2.24, 2.45) is 0 Å². The maximum atomic E-state index is 5.96. The minimum absolute atomic E-state index is 0.352. The number of benzene rings is 2. The van der Waals surface area contributed by atoms with Gasteiger partial charge in [-0.1, -0.05) is 52.7 Å². The predicted octanol–water partition coefficient (Wildman–Crippen LogP) is 4.21. The van der Waals surface area contributed by atoms with Gasteiger partial charge < -0.3 is 10.3 Å². The molecule has 1 heterocycles. The van der Waals surface area contributed by atoms with Crippen LogP contribution in [0.3, 0.4) is 0 Å². The summed E-state index contributed by atoms with van der Waals surface area (Å²) in [5.41, 5.74) is 12.0. The number of aromatic nitrogens is 1. The van der Waals surface area contributed by atoms with Crippen molar-refractivity contribution in [2.75, 3.05) is 5.73 Å². The predicted molar refractivity (Wildman–Crippen MR) is 81.3 cm³/mol. The highest BCUT2D eigenvalue weighted by Gasteiger charge is 2.17. The van der Waals surface area contributed by atoms with Gasteiger partial charge in [0.25, 0.3) is 0 Å². The monoisotopic (exact) mass is 264 g/mol. The van der Waals surface area contributed by atoms with Crippen molar-refractivity contribution < 1.29 is 4.52 Å². The number of nitrogens with two attached hydrogens (primary N) is 1. The zero-order valence-corrected chi connectivity index (χ0v) is 11.6. The van der Waals surface area contributed by atoms with Crippen molar-refractivity contribution in [3.05, 3.63) is 59.7 Å². The highest BCUT2D eigenvalue weighted by molar-refractivity contribution is 5.87. The van der Waals surface area contributed by atoms with E-state index >= 15 is 0 Å². The summed E-state index contributed by atoms with van der Waals surface area (Å²) in [4.78, 5) is 0. The van der Waals surface area contributed by atoms with Crippen LogP contribution in [-0.4, -0.2) is 5.16 Å². The summed E-state index contributed by atoms with van der Waals surface area (Å²) in [5.74, 6) is 0.352. The van der Waals surface area contributed by atoms with Gasteiger partial charge in [0, 0.05) is 5.56 Å². The Morgan fingerprint density at radius 2 is 1.55 bits per heavy atom. The number of anilines is 1. The van der Waals surface area contributed by atoms with Gasteiger partial charge in [0.1, 0.15) is 5.69 Å². The summed E-state index contributed by atoms with van der Waals surface area (Å²) in [7, 11) is 0. The largest absolute Gasteiger partial charge is 0.367 e. The van der Waals surface area contributed by atoms with Crippen LogP contribution in [0.4, 0.5) is 5.88 Å². The van der Waals surface area contributed by atoms with Gasteiger partial charge in [0.05, 0.1) is 5.56 Å². The van der Waals surface area contributed by atoms with E-state index in [0.29, 0.717) is 5.88 Å². The van der Waals surface area contributed by atoms with Crippen LogP contribution in [0.1, 0.15) is 11.1 Å². The van der Waals surface area contributed by atoms with E-state index in [1.165, 1.54) is 11.1 Å². The molecule has 3 rings (SSSR count). The third kappa shape index (κ3) is 2.18. The minimum Gasteiger partial charge on any atom is -0.367 e. The molecule has 0 aliphatic rings. The fraction of sp³-hybridized carbons (Fsp3) is 0.118. The fourth-order valence-corrected chi connectivity index (χ4v) is 2.50. The first kappa shape index (κ1) is 12.5. The molecule has 0 bridgehead atoms. The van der Waals surface area contributed by atoms with Crippen LogP contribution in [-0.2, 0) is 0 Å². The average molecular weight is 264 g/mol. The second kappa shape index (κ2) is 4.85. The third-order valence-electron chi connectivity index (χ3n) is 3.28. The number of aryl methyl sites for hydroxylation is 2. The Balaban J connectivity index is 2.21. The van der Waals surface area contributed by atoms with Gasteiger partial charge in [-0.2, -0.15) is 0 Å². The van der Waals surface area contributed by atoms with Gasteiger partial charge in [-0.15, -0.1) is 0 Å². The van der Waals surface area contributed by atoms with E-state index in [1.807, 2.05) is 30.3 Å². The molecule has 0 aliphatic carbocycles. The molecule has 3 heteroatoms. The Hall–Kier alpha value is -2.55. The standard InChI is InChI=1S/C17H16N2O/c1-11-8-12(2)10-14(9-11)16-15(17(18)20-19-16)13-6-4-3-5-7-13/h3-10H,18H2,1-2H3. The maximum Gasteiger partial charge on any atom is 0.230 e. The number of hydrogen-bond acceptors (Lipinski definition) is 3. The molecule has 0 saturated heterocycles. The van der Waals surface area contributed by atoms with Crippen LogP contribution < -0.4 is 5.73 Å². The number of nitrogen functional groups attached to an aromatic ring is 1. The van der Waals surface area contributed by atoms with Crippen molar-refractivity contribution in [1.82, 2.24) is 5.16 Å². The smallest absolute Gasteiger partial charge is 0.230 e. The first-order chi connectivity index (χ1) is 9.65. The molecule has 0 atom stereocenters. The average Bonchev–Trinajstić information content (AvgIpc) is 2.80. The molecule has 0 fully saturated rings. The Kier molecular flexibility index (Phi) is 3.03. The molecule has 20 heavy (non-hydrogen) atoms. The molecule has 0 aliphatic heterocycles. The molecule has 2 aromatic carbocycles. The van der Waals surface area contributed by atoms with Crippen LogP contribution in [0.15, 0.2) is 53.1 Å². The van der Waals surface area contributed by atoms with Crippen LogP contribution in [0.25, 0.3) is 22.4 Å². The van der Waals surface area contributed by atoms with Crippen molar-refractivity contribution in [3.63, 3.8) is 0 Å². The topological polar surface area (TPSA) is 52.0 Å².